The third kappa shape index (κ3) is 1.91. The first-order valence-corrected chi connectivity index (χ1v) is 6.67. The van der Waals surface area contributed by atoms with Crippen LogP contribution in [0.5, 0.6) is 0 Å². The maximum atomic E-state index is 11.9. The highest BCUT2D eigenvalue weighted by atomic mass is 16.2. The molecule has 6 heteroatoms. The van der Waals surface area contributed by atoms with Crippen molar-refractivity contribution in [2.24, 2.45) is 7.05 Å². The van der Waals surface area contributed by atoms with Gasteiger partial charge in [0.15, 0.2) is 0 Å². The van der Waals surface area contributed by atoms with Crippen molar-refractivity contribution in [1.82, 2.24) is 19.6 Å². The molecule has 3 amide bonds. The van der Waals surface area contributed by atoms with E-state index >= 15 is 0 Å². The van der Waals surface area contributed by atoms with Gasteiger partial charge in [-0.05, 0) is 31.2 Å². The molecule has 0 saturated carbocycles. The first-order valence-electron chi connectivity index (χ1n) is 6.67. The van der Waals surface area contributed by atoms with E-state index in [1.807, 2.05) is 11.7 Å². The minimum absolute atomic E-state index is 0.127. The fourth-order valence-electron chi connectivity index (χ4n) is 2.92. The van der Waals surface area contributed by atoms with E-state index in [9.17, 15) is 9.59 Å². The van der Waals surface area contributed by atoms with Gasteiger partial charge in [0, 0.05) is 14.1 Å². The molecule has 0 bridgehead atoms. The van der Waals surface area contributed by atoms with Crippen LogP contribution in [-0.2, 0) is 31.2 Å². The molecule has 1 aliphatic carbocycles. The van der Waals surface area contributed by atoms with Crippen molar-refractivity contribution in [3.05, 3.63) is 17.0 Å². The maximum Gasteiger partial charge on any atom is 0.327 e. The molecule has 2 aliphatic rings. The second-order valence-corrected chi connectivity index (χ2v) is 5.32. The van der Waals surface area contributed by atoms with Crippen LogP contribution in [0.2, 0.25) is 0 Å². The number of urea groups is 1. The van der Waals surface area contributed by atoms with Crippen LogP contribution in [0.3, 0.4) is 0 Å². The Morgan fingerprint density at radius 2 is 1.89 bits per heavy atom. The summed E-state index contributed by atoms with van der Waals surface area (Å²) in [6.45, 7) is 0.527. The van der Waals surface area contributed by atoms with Crippen molar-refractivity contribution in [1.29, 1.82) is 0 Å². The van der Waals surface area contributed by atoms with E-state index in [1.165, 1.54) is 21.8 Å². The lowest BCUT2D eigenvalue weighted by Crippen LogP contribution is -2.32. The van der Waals surface area contributed by atoms with Gasteiger partial charge in [-0.3, -0.25) is 14.4 Å². The predicted octanol–water partition coefficient (Wildman–Crippen LogP) is 0.693. The van der Waals surface area contributed by atoms with Crippen molar-refractivity contribution >= 4 is 11.9 Å². The highest BCUT2D eigenvalue weighted by Crippen LogP contribution is 2.25. The smallest absolute Gasteiger partial charge is 0.318 e. The summed E-state index contributed by atoms with van der Waals surface area (Å²) in [7, 11) is 3.54. The summed E-state index contributed by atoms with van der Waals surface area (Å²) in [4.78, 5) is 26.5. The van der Waals surface area contributed by atoms with Gasteiger partial charge in [-0.1, -0.05) is 0 Å². The monoisotopic (exact) mass is 262 g/mol. The lowest BCUT2D eigenvalue weighted by molar-refractivity contribution is -0.125. The Morgan fingerprint density at radius 1 is 1.16 bits per heavy atom. The Kier molecular flexibility index (Phi) is 2.80. The lowest BCUT2D eigenvalue weighted by Gasteiger charge is -2.16. The summed E-state index contributed by atoms with van der Waals surface area (Å²) < 4.78 is 1.83. The largest absolute Gasteiger partial charge is 0.327 e. The molecule has 6 nitrogen and oxygen atoms in total. The van der Waals surface area contributed by atoms with Gasteiger partial charge < -0.3 is 4.90 Å². The second kappa shape index (κ2) is 4.36. The molecule has 102 valence electrons. The molecule has 3 rings (SSSR count). The zero-order valence-electron chi connectivity index (χ0n) is 11.3. The molecule has 0 unspecified atom stereocenters. The first-order chi connectivity index (χ1) is 9.08. The number of likely N-dealkylation sites (N-methyl/N-ethyl adjacent to an activating group) is 1. The van der Waals surface area contributed by atoms with Crippen LogP contribution in [0, 0.1) is 0 Å². The summed E-state index contributed by atoms with van der Waals surface area (Å²) in [6.07, 6.45) is 4.34. The van der Waals surface area contributed by atoms with Crippen LogP contribution in [0.15, 0.2) is 0 Å². The molecular weight excluding hydrogens is 244 g/mol. The Hall–Kier alpha value is -1.85. The van der Waals surface area contributed by atoms with E-state index in [2.05, 4.69) is 5.10 Å². The molecular formula is C13H18N4O2. The Balaban J connectivity index is 1.90. The number of fused-ring (bicyclic) bond motifs is 1. The van der Waals surface area contributed by atoms with Crippen LogP contribution in [0.1, 0.15) is 29.8 Å². The Bertz CT molecular complexity index is 549. The number of rotatable bonds is 2. The maximum absolute atomic E-state index is 11.9. The van der Waals surface area contributed by atoms with Gasteiger partial charge in [-0.2, -0.15) is 5.10 Å². The summed E-state index contributed by atoms with van der Waals surface area (Å²) >= 11 is 0. The Morgan fingerprint density at radius 3 is 2.58 bits per heavy atom. The van der Waals surface area contributed by atoms with Crippen LogP contribution in [-0.4, -0.2) is 45.1 Å². The van der Waals surface area contributed by atoms with E-state index in [-0.39, 0.29) is 18.5 Å². The number of nitrogens with zero attached hydrogens (tertiary/aromatic N) is 4. The fraction of sp³-hybridized carbons (Fsp3) is 0.615. The lowest BCUT2D eigenvalue weighted by atomic mass is 9.96. The minimum Gasteiger partial charge on any atom is -0.318 e. The van der Waals surface area contributed by atoms with Crippen LogP contribution >= 0.6 is 0 Å². The first kappa shape index (κ1) is 12.2. The number of aryl methyl sites for hydroxylation is 2. The van der Waals surface area contributed by atoms with E-state index in [4.69, 9.17) is 0 Å². The van der Waals surface area contributed by atoms with Crippen molar-refractivity contribution in [3.63, 3.8) is 0 Å². The number of aromatic nitrogens is 2. The molecule has 1 aromatic heterocycles. The van der Waals surface area contributed by atoms with E-state index in [0.29, 0.717) is 6.54 Å². The normalized spacial score (nSPS) is 19.3. The zero-order chi connectivity index (χ0) is 13.6. The number of hydrogen-bond acceptors (Lipinski definition) is 3. The van der Waals surface area contributed by atoms with Gasteiger partial charge in [-0.25, -0.2) is 4.79 Å². The number of imide groups is 1. The van der Waals surface area contributed by atoms with E-state index < -0.39 is 0 Å². The molecule has 0 spiro atoms. The molecule has 1 fully saturated rings. The van der Waals surface area contributed by atoms with Crippen molar-refractivity contribution in [3.8, 4) is 0 Å². The summed E-state index contributed by atoms with van der Waals surface area (Å²) in [5, 5.41) is 4.52. The standard InChI is InChI=1S/C13H18N4O2/c1-15-8-12(18)17(13(15)19)7-11-9-5-3-4-6-10(9)14-16(11)2/h3-8H2,1-2H3. The van der Waals surface area contributed by atoms with Gasteiger partial charge in [0.25, 0.3) is 5.91 Å². The van der Waals surface area contributed by atoms with E-state index in [1.54, 1.807) is 7.05 Å². The van der Waals surface area contributed by atoms with Crippen molar-refractivity contribution < 1.29 is 9.59 Å². The molecule has 19 heavy (non-hydrogen) atoms. The summed E-state index contributed by atoms with van der Waals surface area (Å²) in [5.41, 5.74) is 3.38. The summed E-state index contributed by atoms with van der Waals surface area (Å²) in [6, 6.07) is -0.212. The van der Waals surface area contributed by atoms with Crippen molar-refractivity contribution in [2.75, 3.05) is 13.6 Å². The SMILES string of the molecule is CN1CC(=O)N(Cc2c3c(nn2C)CCCC3)C1=O. The molecule has 1 aromatic rings. The second-order valence-electron chi connectivity index (χ2n) is 5.32. The molecule has 2 heterocycles. The van der Waals surface area contributed by atoms with Crippen molar-refractivity contribution in [2.45, 2.75) is 32.2 Å². The van der Waals surface area contributed by atoms with Gasteiger partial charge >= 0.3 is 6.03 Å². The number of amides is 3. The third-order valence-electron chi connectivity index (χ3n) is 3.99. The highest BCUT2D eigenvalue weighted by molar-refractivity contribution is 6.01. The molecule has 1 aliphatic heterocycles. The average molecular weight is 262 g/mol. The molecule has 0 radical (unpaired) electrons. The molecule has 0 atom stereocenters. The van der Waals surface area contributed by atoms with E-state index in [0.717, 1.165) is 30.7 Å². The average Bonchev–Trinajstić information content (AvgIpc) is 2.82. The number of hydrogen-bond donors (Lipinski definition) is 0. The fourth-order valence-corrected chi connectivity index (χ4v) is 2.92. The number of carbonyl (C=O) groups is 2. The topological polar surface area (TPSA) is 58.4 Å². The van der Waals surface area contributed by atoms with Gasteiger partial charge in [0.05, 0.1) is 17.9 Å². The highest BCUT2D eigenvalue weighted by Gasteiger charge is 2.35. The quantitative estimate of drug-likeness (QED) is 0.737. The summed E-state index contributed by atoms with van der Waals surface area (Å²) in [5.74, 6) is -0.127. The van der Waals surface area contributed by atoms with Crippen LogP contribution < -0.4 is 0 Å². The third-order valence-corrected chi connectivity index (χ3v) is 3.99. The molecule has 0 aromatic carbocycles. The number of carbonyl (C=O) groups excluding carboxylic acids is 2. The predicted molar refractivity (Wildman–Crippen MR) is 68.4 cm³/mol. The van der Waals surface area contributed by atoms with Crippen LogP contribution in [0.25, 0.3) is 0 Å². The molecule has 1 saturated heterocycles. The molecule has 0 N–H and O–H groups in total. The Labute approximate surface area is 112 Å². The zero-order valence-corrected chi connectivity index (χ0v) is 11.3. The van der Waals surface area contributed by atoms with Gasteiger partial charge in [0.2, 0.25) is 0 Å². The van der Waals surface area contributed by atoms with Crippen LogP contribution in [0.4, 0.5) is 4.79 Å². The van der Waals surface area contributed by atoms with Gasteiger partial charge in [0.1, 0.15) is 6.54 Å². The van der Waals surface area contributed by atoms with Gasteiger partial charge in [-0.15, -0.1) is 0 Å². The minimum atomic E-state index is -0.212.